The Bertz CT molecular complexity index is 1060. The lowest BCUT2D eigenvalue weighted by atomic mass is 9.96. The molecule has 1 aromatic heterocycles. The van der Waals surface area contributed by atoms with Gasteiger partial charge in [0.1, 0.15) is 10.0 Å². The van der Waals surface area contributed by atoms with Crippen molar-refractivity contribution in [2.75, 3.05) is 23.3 Å². The third kappa shape index (κ3) is 4.40. The molecule has 0 saturated carbocycles. The summed E-state index contributed by atoms with van der Waals surface area (Å²) in [6.45, 7) is 3.34. The molecule has 1 amide bonds. The first-order chi connectivity index (χ1) is 14.5. The Hall–Kier alpha value is -2.70. The Morgan fingerprint density at radius 2 is 2.00 bits per heavy atom. The second-order valence-corrected chi connectivity index (χ2v) is 8.83. The number of thiazole rings is 1. The zero-order valence-corrected chi connectivity index (χ0v) is 18.2. The summed E-state index contributed by atoms with van der Waals surface area (Å²) in [7, 11) is 0. The highest BCUT2D eigenvalue weighted by molar-refractivity contribution is 7.19. The molecular formula is C23H22ClN3O2S. The van der Waals surface area contributed by atoms with E-state index in [9.17, 15) is 9.59 Å². The Balaban J connectivity index is 1.47. The molecule has 2 heterocycles. The summed E-state index contributed by atoms with van der Waals surface area (Å²) in [5.74, 6) is -0.142. The highest BCUT2D eigenvalue weighted by Gasteiger charge is 2.27. The van der Waals surface area contributed by atoms with E-state index in [4.69, 9.17) is 11.6 Å². The third-order valence-electron chi connectivity index (χ3n) is 5.32. The van der Waals surface area contributed by atoms with Gasteiger partial charge < -0.3 is 10.2 Å². The summed E-state index contributed by atoms with van der Waals surface area (Å²) in [5.41, 5.74) is 3.33. The molecule has 1 saturated heterocycles. The van der Waals surface area contributed by atoms with E-state index in [-0.39, 0.29) is 11.8 Å². The normalized spacial score (nSPS) is 16.3. The first-order valence-electron chi connectivity index (χ1n) is 9.88. The average molecular weight is 440 g/mol. The zero-order chi connectivity index (χ0) is 21.1. The minimum absolute atomic E-state index is 0.00214. The summed E-state index contributed by atoms with van der Waals surface area (Å²) >= 11 is 7.44. The second kappa shape index (κ2) is 8.98. The van der Waals surface area contributed by atoms with Crippen LogP contribution in [0.4, 0.5) is 10.7 Å². The van der Waals surface area contributed by atoms with Crippen LogP contribution in [-0.2, 0) is 4.79 Å². The second-order valence-electron chi connectivity index (χ2n) is 7.39. The minimum Gasteiger partial charge on any atom is -0.370 e. The van der Waals surface area contributed by atoms with Crippen LogP contribution in [0.1, 0.15) is 28.9 Å². The number of hydrogen-bond acceptors (Lipinski definition) is 5. The predicted molar refractivity (Wildman–Crippen MR) is 123 cm³/mol. The molecular weight excluding hydrogens is 418 g/mol. The Labute approximate surface area is 184 Å². The van der Waals surface area contributed by atoms with E-state index in [0.717, 1.165) is 52.6 Å². The summed E-state index contributed by atoms with van der Waals surface area (Å²) < 4.78 is 0. The van der Waals surface area contributed by atoms with Gasteiger partial charge in [0.15, 0.2) is 6.29 Å². The van der Waals surface area contributed by atoms with Crippen molar-refractivity contribution in [1.82, 2.24) is 4.98 Å². The number of halogens is 1. The van der Waals surface area contributed by atoms with Gasteiger partial charge in [-0.05, 0) is 44.0 Å². The van der Waals surface area contributed by atoms with Crippen LogP contribution in [0.5, 0.6) is 0 Å². The number of aryl methyl sites for hydroxylation is 1. The van der Waals surface area contributed by atoms with Crippen molar-refractivity contribution in [3.8, 4) is 10.6 Å². The number of piperidine rings is 1. The van der Waals surface area contributed by atoms with E-state index in [0.29, 0.717) is 17.1 Å². The first kappa shape index (κ1) is 20.6. The van der Waals surface area contributed by atoms with E-state index in [1.54, 1.807) is 0 Å². The van der Waals surface area contributed by atoms with Crippen LogP contribution in [0.15, 0.2) is 48.5 Å². The van der Waals surface area contributed by atoms with Gasteiger partial charge in [0.25, 0.3) is 0 Å². The van der Waals surface area contributed by atoms with Crippen molar-refractivity contribution in [3.05, 3.63) is 64.8 Å². The van der Waals surface area contributed by atoms with Crippen LogP contribution < -0.4 is 10.2 Å². The fourth-order valence-corrected chi connectivity index (χ4v) is 4.83. The summed E-state index contributed by atoms with van der Waals surface area (Å²) in [4.78, 5) is 31.1. The molecule has 154 valence electrons. The average Bonchev–Trinajstić information content (AvgIpc) is 3.14. The Morgan fingerprint density at radius 1 is 1.23 bits per heavy atom. The molecule has 30 heavy (non-hydrogen) atoms. The summed E-state index contributed by atoms with van der Waals surface area (Å²) in [6, 6.07) is 15.0. The topological polar surface area (TPSA) is 62.3 Å². The standard InChI is InChI=1S/C23H22ClN3O2S/c1-15-22(30-23(25-15)16-8-10-19(24)11-9-16)26-21(29)17-6-4-12-27(13-17)20-7-3-2-5-18(20)14-28/h2-3,5,7-11,14,17H,4,6,12-13H2,1H3,(H,26,29). The van der Waals surface area contributed by atoms with Crippen LogP contribution >= 0.6 is 22.9 Å². The van der Waals surface area contributed by atoms with E-state index < -0.39 is 0 Å². The number of aromatic nitrogens is 1. The minimum atomic E-state index is -0.140. The number of carbonyl (C=O) groups is 2. The first-order valence-corrected chi connectivity index (χ1v) is 11.1. The molecule has 0 spiro atoms. The molecule has 1 aliphatic heterocycles. The summed E-state index contributed by atoms with van der Waals surface area (Å²) in [5, 5.41) is 5.38. The molecule has 3 aromatic rings. The molecule has 0 aliphatic carbocycles. The van der Waals surface area contributed by atoms with E-state index >= 15 is 0 Å². The molecule has 1 unspecified atom stereocenters. The van der Waals surface area contributed by atoms with Crippen molar-refractivity contribution in [3.63, 3.8) is 0 Å². The molecule has 1 aliphatic rings. The lowest BCUT2D eigenvalue weighted by molar-refractivity contribution is -0.120. The van der Waals surface area contributed by atoms with Gasteiger partial charge in [-0.3, -0.25) is 9.59 Å². The predicted octanol–water partition coefficient (Wildman–Crippen LogP) is 5.44. The molecule has 2 aromatic carbocycles. The summed E-state index contributed by atoms with van der Waals surface area (Å²) in [6.07, 6.45) is 2.61. The van der Waals surface area contributed by atoms with Crippen LogP contribution in [0.2, 0.25) is 5.02 Å². The fourth-order valence-electron chi connectivity index (χ4n) is 3.73. The van der Waals surface area contributed by atoms with Gasteiger partial charge in [-0.15, -0.1) is 0 Å². The van der Waals surface area contributed by atoms with Gasteiger partial charge in [-0.2, -0.15) is 0 Å². The molecule has 1 N–H and O–H groups in total. The van der Waals surface area contributed by atoms with Gasteiger partial charge in [0.2, 0.25) is 5.91 Å². The number of hydrogen-bond donors (Lipinski definition) is 1. The number of para-hydroxylation sites is 1. The van der Waals surface area contributed by atoms with Crippen molar-refractivity contribution < 1.29 is 9.59 Å². The number of amides is 1. The zero-order valence-electron chi connectivity index (χ0n) is 16.6. The number of aldehydes is 1. The molecule has 5 nitrogen and oxygen atoms in total. The van der Waals surface area contributed by atoms with E-state index in [1.165, 1.54) is 11.3 Å². The number of nitrogens with one attached hydrogen (secondary N) is 1. The molecule has 0 radical (unpaired) electrons. The van der Waals surface area contributed by atoms with Crippen LogP contribution in [0.25, 0.3) is 10.6 Å². The fraction of sp³-hybridized carbons (Fsp3) is 0.261. The Kier molecular flexibility index (Phi) is 6.16. The number of rotatable bonds is 5. The Morgan fingerprint density at radius 3 is 2.77 bits per heavy atom. The van der Waals surface area contributed by atoms with Gasteiger partial charge in [-0.1, -0.05) is 47.2 Å². The van der Waals surface area contributed by atoms with E-state index in [2.05, 4.69) is 15.2 Å². The molecule has 7 heteroatoms. The number of anilines is 2. The largest absolute Gasteiger partial charge is 0.370 e. The quantitative estimate of drug-likeness (QED) is 0.537. The van der Waals surface area contributed by atoms with Crippen molar-refractivity contribution in [2.24, 2.45) is 5.92 Å². The third-order valence-corrected chi connectivity index (χ3v) is 6.70. The van der Waals surface area contributed by atoms with Crippen LogP contribution in [-0.4, -0.2) is 30.3 Å². The van der Waals surface area contributed by atoms with Crippen LogP contribution in [0.3, 0.4) is 0 Å². The SMILES string of the molecule is Cc1nc(-c2ccc(Cl)cc2)sc1NC(=O)C1CCCN(c2ccccc2C=O)C1. The molecule has 1 fully saturated rings. The maximum atomic E-state index is 13.0. The molecule has 0 bridgehead atoms. The number of nitrogens with zero attached hydrogens (tertiary/aromatic N) is 2. The lowest BCUT2D eigenvalue weighted by Crippen LogP contribution is -2.41. The maximum absolute atomic E-state index is 13.0. The molecule has 4 rings (SSSR count). The van der Waals surface area contributed by atoms with Gasteiger partial charge >= 0.3 is 0 Å². The lowest BCUT2D eigenvalue weighted by Gasteiger charge is -2.34. The van der Waals surface area contributed by atoms with E-state index in [1.807, 2.05) is 55.5 Å². The smallest absolute Gasteiger partial charge is 0.229 e. The van der Waals surface area contributed by atoms with Crippen molar-refractivity contribution in [1.29, 1.82) is 0 Å². The highest BCUT2D eigenvalue weighted by Crippen LogP contribution is 2.33. The highest BCUT2D eigenvalue weighted by atomic mass is 35.5. The monoisotopic (exact) mass is 439 g/mol. The van der Waals surface area contributed by atoms with Gasteiger partial charge in [0, 0.05) is 34.9 Å². The van der Waals surface area contributed by atoms with Crippen LogP contribution in [0, 0.1) is 12.8 Å². The maximum Gasteiger partial charge on any atom is 0.229 e. The molecule has 1 atom stereocenters. The van der Waals surface area contributed by atoms with Crippen molar-refractivity contribution in [2.45, 2.75) is 19.8 Å². The van der Waals surface area contributed by atoms with Gasteiger partial charge in [-0.25, -0.2) is 4.98 Å². The van der Waals surface area contributed by atoms with Crippen molar-refractivity contribution >= 4 is 45.8 Å². The number of carbonyl (C=O) groups excluding carboxylic acids is 2. The number of benzene rings is 2. The van der Waals surface area contributed by atoms with Gasteiger partial charge in [0.05, 0.1) is 11.6 Å².